The molecule has 0 aromatic rings. The summed E-state index contributed by atoms with van der Waals surface area (Å²) in [7, 11) is 0. The molecule has 0 unspecified atom stereocenters. The van der Waals surface area contributed by atoms with Crippen molar-refractivity contribution in [1.29, 1.82) is 0 Å². The minimum absolute atomic E-state index is 1.21. The highest BCUT2D eigenvalue weighted by atomic mass is 14.1. The SMILES string of the molecule is C=CCCCCCCCCCCCCCCCCCCCCCCCCCCCCCCCCCCCCCCCCCCCCCCCCCCCCCCCCCCCCCC. The van der Waals surface area contributed by atoms with Crippen LogP contribution in [-0.2, 0) is 0 Å². The van der Waals surface area contributed by atoms with Gasteiger partial charge in [0.15, 0.2) is 0 Å². The van der Waals surface area contributed by atoms with Crippen molar-refractivity contribution >= 4 is 0 Å². The van der Waals surface area contributed by atoms with Gasteiger partial charge in [0, 0.05) is 0 Å². The first-order valence-electron chi connectivity index (χ1n) is 31.5. The Bertz CT molecular complexity index is 766. The van der Waals surface area contributed by atoms with Crippen LogP contribution in [0.2, 0.25) is 0 Å². The summed E-state index contributed by atoms with van der Waals surface area (Å²) in [4.78, 5) is 0. The second-order valence-electron chi connectivity index (χ2n) is 21.9. The van der Waals surface area contributed by atoms with E-state index in [-0.39, 0.29) is 0 Å². The fourth-order valence-electron chi connectivity index (χ4n) is 10.6. The molecule has 0 fully saturated rings. The summed E-state index contributed by atoms with van der Waals surface area (Å²) in [6, 6.07) is 0. The van der Waals surface area contributed by atoms with Gasteiger partial charge in [0.1, 0.15) is 0 Å². The summed E-state index contributed by atoms with van der Waals surface area (Å²) >= 11 is 0. The minimum atomic E-state index is 1.21. The molecule has 0 spiro atoms. The quantitative estimate of drug-likeness (QED) is 0.0421. The number of allylic oxidation sites excluding steroid dienone is 1. The Balaban J connectivity index is 3.06. The zero-order valence-electron chi connectivity index (χ0n) is 45.4. The lowest BCUT2D eigenvalue weighted by molar-refractivity contribution is 0.506. The van der Waals surface area contributed by atoms with E-state index in [1.54, 1.807) is 0 Å². The first kappa shape index (κ1) is 63.7. The zero-order valence-corrected chi connectivity index (χ0v) is 45.4. The molecular formula is C64H128. The zero-order chi connectivity index (χ0) is 45.8. The Hall–Kier alpha value is -0.260. The summed E-state index contributed by atoms with van der Waals surface area (Å²) in [6.07, 6.45) is 92.4. The topological polar surface area (TPSA) is 0 Å². The molecule has 0 aliphatic rings. The average molecular weight is 898 g/mol. The van der Waals surface area contributed by atoms with Crippen molar-refractivity contribution in [2.45, 2.75) is 399 Å². The van der Waals surface area contributed by atoms with Crippen LogP contribution >= 0.6 is 0 Å². The number of hydrogen-bond acceptors (Lipinski definition) is 0. The number of rotatable bonds is 61. The molecule has 0 saturated heterocycles. The van der Waals surface area contributed by atoms with E-state index >= 15 is 0 Å². The third kappa shape index (κ3) is 61.7. The average Bonchev–Trinajstić information content (AvgIpc) is 3.31. The smallest absolute Gasteiger partial charge is 0.0353 e. The van der Waals surface area contributed by atoms with Crippen molar-refractivity contribution in [1.82, 2.24) is 0 Å². The Morgan fingerprint density at radius 2 is 0.250 bits per heavy atom. The molecule has 0 heterocycles. The van der Waals surface area contributed by atoms with Crippen LogP contribution in [0.25, 0.3) is 0 Å². The number of unbranched alkanes of at least 4 members (excludes halogenated alkanes) is 60. The molecule has 0 heteroatoms. The van der Waals surface area contributed by atoms with E-state index < -0.39 is 0 Å². The summed E-state index contributed by atoms with van der Waals surface area (Å²) in [6.45, 7) is 6.13. The molecule has 0 aliphatic carbocycles. The monoisotopic (exact) mass is 897 g/mol. The molecule has 0 aromatic carbocycles. The van der Waals surface area contributed by atoms with Gasteiger partial charge in [-0.15, -0.1) is 6.58 Å². The second-order valence-corrected chi connectivity index (χ2v) is 21.9. The van der Waals surface area contributed by atoms with Crippen LogP contribution < -0.4 is 0 Å². The summed E-state index contributed by atoms with van der Waals surface area (Å²) in [5.74, 6) is 0. The van der Waals surface area contributed by atoms with E-state index in [1.807, 2.05) is 0 Å². The Labute approximate surface area is 409 Å². The van der Waals surface area contributed by atoms with Crippen LogP contribution in [0.1, 0.15) is 399 Å². The van der Waals surface area contributed by atoms with E-state index in [9.17, 15) is 0 Å². The molecule has 0 aliphatic heterocycles. The maximum absolute atomic E-state index is 3.82. The third-order valence-electron chi connectivity index (χ3n) is 15.3. The van der Waals surface area contributed by atoms with Crippen LogP contribution in [0.5, 0.6) is 0 Å². The summed E-state index contributed by atoms with van der Waals surface area (Å²) in [5.41, 5.74) is 0. The molecular weight excluding hydrogens is 769 g/mol. The largest absolute Gasteiger partial charge is 0.103 e. The van der Waals surface area contributed by atoms with E-state index in [0.29, 0.717) is 0 Å². The molecule has 0 amide bonds. The van der Waals surface area contributed by atoms with Crippen molar-refractivity contribution in [3.63, 3.8) is 0 Å². The van der Waals surface area contributed by atoms with Gasteiger partial charge in [0.2, 0.25) is 0 Å². The van der Waals surface area contributed by atoms with Gasteiger partial charge in [-0.25, -0.2) is 0 Å². The molecule has 0 aromatic heterocycles. The van der Waals surface area contributed by atoms with Crippen LogP contribution in [0, 0.1) is 0 Å². The van der Waals surface area contributed by atoms with Gasteiger partial charge in [-0.3, -0.25) is 0 Å². The van der Waals surface area contributed by atoms with E-state index in [4.69, 9.17) is 0 Å². The number of hydrogen-bond donors (Lipinski definition) is 0. The molecule has 384 valence electrons. The Morgan fingerprint density at radius 1 is 0.156 bits per heavy atom. The van der Waals surface area contributed by atoms with Crippen LogP contribution in [0.4, 0.5) is 0 Å². The molecule has 0 N–H and O–H groups in total. The predicted octanol–water partition coefficient (Wildman–Crippen LogP) is 25.0. The van der Waals surface area contributed by atoms with Gasteiger partial charge in [0.25, 0.3) is 0 Å². The standard InChI is InChI=1S/C64H128/c1-3-5-7-9-11-13-15-17-19-21-23-25-27-29-31-33-35-37-39-41-43-45-47-49-51-53-55-57-59-61-63-64-62-60-58-56-54-52-50-48-46-44-42-40-38-36-34-32-30-28-26-24-22-20-18-16-14-12-10-8-6-4-2/h3H,1,4-64H2,2H3. The highest BCUT2D eigenvalue weighted by Gasteiger charge is 2.00. The lowest BCUT2D eigenvalue weighted by Crippen LogP contribution is -1.85. The maximum atomic E-state index is 3.82. The van der Waals surface area contributed by atoms with Gasteiger partial charge in [-0.1, -0.05) is 392 Å². The third-order valence-corrected chi connectivity index (χ3v) is 15.3. The second kappa shape index (κ2) is 62.7. The molecule has 64 heavy (non-hydrogen) atoms. The van der Waals surface area contributed by atoms with Crippen molar-refractivity contribution in [2.24, 2.45) is 0 Å². The van der Waals surface area contributed by atoms with Crippen molar-refractivity contribution in [3.05, 3.63) is 12.7 Å². The minimum Gasteiger partial charge on any atom is -0.103 e. The van der Waals surface area contributed by atoms with Gasteiger partial charge < -0.3 is 0 Å². The van der Waals surface area contributed by atoms with E-state index in [0.717, 1.165) is 0 Å². The van der Waals surface area contributed by atoms with E-state index in [1.165, 1.54) is 392 Å². The van der Waals surface area contributed by atoms with Gasteiger partial charge in [-0.05, 0) is 12.8 Å². The van der Waals surface area contributed by atoms with Crippen LogP contribution in [0.3, 0.4) is 0 Å². The molecule has 0 nitrogen and oxygen atoms in total. The maximum Gasteiger partial charge on any atom is -0.0353 e. The Kier molecular flexibility index (Phi) is 62.5. The molecule has 0 rings (SSSR count). The van der Waals surface area contributed by atoms with Gasteiger partial charge in [-0.2, -0.15) is 0 Å². The van der Waals surface area contributed by atoms with Crippen LogP contribution in [-0.4, -0.2) is 0 Å². The fourth-order valence-corrected chi connectivity index (χ4v) is 10.6. The highest BCUT2D eigenvalue weighted by Crippen LogP contribution is 2.20. The molecule has 0 saturated carbocycles. The first-order chi connectivity index (χ1) is 31.9. The lowest BCUT2D eigenvalue weighted by atomic mass is 10.0. The summed E-state index contributed by atoms with van der Waals surface area (Å²) < 4.78 is 0. The first-order valence-corrected chi connectivity index (χ1v) is 31.5. The lowest BCUT2D eigenvalue weighted by Gasteiger charge is -2.05. The van der Waals surface area contributed by atoms with Gasteiger partial charge >= 0.3 is 0 Å². The van der Waals surface area contributed by atoms with Crippen LogP contribution in [0.15, 0.2) is 12.7 Å². The van der Waals surface area contributed by atoms with Crippen molar-refractivity contribution in [3.8, 4) is 0 Å². The molecule has 0 atom stereocenters. The predicted molar refractivity (Wildman–Crippen MR) is 298 cm³/mol. The molecule has 0 radical (unpaired) electrons. The summed E-state index contributed by atoms with van der Waals surface area (Å²) in [5, 5.41) is 0. The van der Waals surface area contributed by atoms with E-state index in [2.05, 4.69) is 19.6 Å². The molecule has 0 bridgehead atoms. The highest BCUT2D eigenvalue weighted by molar-refractivity contribution is 4.65. The fraction of sp³-hybridized carbons (Fsp3) is 0.969. The van der Waals surface area contributed by atoms with Gasteiger partial charge in [0.05, 0.1) is 0 Å². The Morgan fingerprint density at radius 3 is 0.344 bits per heavy atom. The normalized spacial score (nSPS) is 11.6. The van der Waals surface area contributed by atoms with Crippen molar-refractivity contribution in [2.75, 3.05) is 0 Å². The van der Waals surface area contributed by atoms with Crippen molar-refractivity contribution < 1.29 is 0 Å².